The van der Waals surface area contributed by atoms with E-state index >= 15 is 0 Å². The first-order chi connectivity index (χ1) is 28.6. The average Bonchev–Trinajstić information content (AvgIpc) is 3.95. The Morgan fingerprint density at radius 2 is 0.621 bits per heavy atom. The Labute approximate surface area is 329 Å². The summed E-state index contributed by atoms with van der Waals surface area (Å²) in [6, 6.07) is 51.7. The highest BCUT2D eigenvalue weighted by Gasteiger charge is 2.33. The maximum Gasteiger partial charge on any atom is 0.164 e. The van der Waals surface area contributed by atoms with Gasteiger partial charge in [-0.3, -0.25) is 9.13 Å². The van der Waals surface area contributed by atoms with E-state index in [0.29, 0.717) is 23.3 Å². The van der Waals surface area contributed by atoms with Crippen LogP contribution in [-0.4, -0.2) is 32.5 Å². The van der Waals surface area contributed by atoms with E-state index in [4.69, 9.17) is 30.0 Å². The van der Waals surface area contributed by atoms with E-state index in [0.717, 1.165) is 109 Å². The Kier molecular flexibility index (Phi) is 5.61. The predicted molar refractivity (Wildman–Crippen MR) is 235 cm³/mol. The molecule has 0 saturated heterocycles. The smallest absolute Gasteiger partial charge is 0.164 e. The van der Waals surface area contributed by atoms with Crippen molar-refractivity contribution in [1.82, 2.24) is 9.13 Å². The van der Waals surface area contributed by atoms with Crippen molar-refractivity contribution >= 4 is 99.6 Å². The summed E-state index contributed by atoms with van der Waals surface area (Å²) in [7, 11) is 0. The first kappa shape index (κ1) is 30.4. The number of hydrogen-bond donors (Lipinski definition) is 0. The van der Waals surface area contributed by atoms with Gasteiger partial charge in [0.05, 0.1) is 0 Å². The molecule has 0 amide bonds. The first-order valence-electron chi connectivity index (χ1n) is 19.6. The van der Waals surface area contributed by atoms with Crippen LogP contribution in [0.2, 0.25) is 0 Å². The molecule has 0 radical (unpaired) electrons. The molecule has 1 atom stereocenters. The molecule has 2 aromatic heterocycles. The summed E-state index contributed by atoms with van der Waals surface area (Å²) in [4.78, 5) is 32.9. The van der Waals surface area contributed by atoms with E-state index in [9.17, 15) is 0 Å². The van der Waals surface area contributed by atoms with Crippen LogP contribution < -0.4 is 11.0 Å². The van der Waals surface area contributed by atoms with Crippen molar-refractivity contribution in [1.29, 1.82) is 0 Å². The van der Waals surface area contributed by atoms with E-state index in [2.05, 4.69) is 162 Å². The largest absolute Gasteiger partial charge is 0.288 e. The molecule has 0 fully saturated rings. The minimum absolute atomic E-state index is 0.372. The molecular formula is C50H28N8. The summed E-state index contributed by atoms with van der Waals surface area (Å²) in [5, 5.41) is 13.0. The van der Waals surface area contributed by atoms with Crippen LogP contribution in [0.25, 0.3) is 64.6 Å². The topological polar surface area (TPSA) is 84.0 Å². The summed E-state index contributed by atoms with van der Waals surface area (Å²) in [5.41, 5.74) is 5.36. The molecule has 14 rings (SSSR count). The monoisotopic (exact) mass is 740 g/mol. The van der Waals surface area contributed by atoms with Crippen molar-refractivity contribution in [3.05, 3.63) is 179 Å². The van der Waals surface area contributed by atoms with Crippen LogP contribution in [0.4, 0.5) is 11.6 Å². The molecule has 58 heavy (non-hydrogen) atoms. The number of aromatic nitrogens is 2. The quantitative estimate of drug-likeness (QED) is 0.148. The Balaban J connectivity index is 1.24. The molecular weight excluding hydrogens is 713 g/mol. The van der Waals surface area contributed by atoms with Crippen molar-refractivity contribution in [2.24, 2.45) is 30.0 Å². The molecule has 0 N–H and O–H groups in total. The molecule has 8 heteroatoms. The number of rotatable bonds is 0. The average molecular weight is 741 g/mol. The number of aliphatic imine (C=N–C) groups is 4. The molecule has 10 aromatic rings. The Morgan fingerprint density at radius 1 is 0.328 bits per heavy atom. The number of fused-ring (bicyclic) bond motifs is 18. The summed E-state index contributed by atoms with van der Waals surface area (Å²) in [5.74, 6) is 4.06. The van der Waals surface area contributed by atoms with Crippen LogP contribution in [0, 0.1) is 0 Å². The molecule has 8 nitrogen and oxygen atoms in total. The maximum absolute atomic E-state index is 5.57. The van der Waals surface area contributed by atoms with Crippen molar-refractivity contribution in [2.75, 3.05) is 0 Å². The highest BCUT2D eigenvalue weighted by Crippen LogP contribution is 2.45. The predicted octanol–water partition coefficient (Wildman–Crippen LogP) is 10.2. The van der Waals surface area contributed by atoms with Gasteiger partial charge >= 0.3 is 0 Å². The van der Waals surface area contributed by atoms with Gasteiger partial charge in [-0.15, -0.1) is 0 Å². The third-order valence-corrected chi connectivity index (χ3v) is 12.4. The Hall–Kier alpha value is -7.84. The normalized spacial score (nSPS) is 16.2. The fourth-order valence-electron chi connectivity index (χ4n) is 9.62. The fraction of sp³-hybridized carbons (Fsp3) is 0.0400. The van der Waals surface area contributed by atoms with Gasteiger partial charge in [-0.05, 0) is 98.5 Å². The highest BCUT2D eigenvalue weighted by molar-refractivity contribution is 6.27. The zero-order valence-electron chi connectivity index (χ0n) is 31.0. The van der Waals surface area contributed by atoms with E-state index in [-0.39, 0.29) is 6.17 Å². The fourth-order valence-corrected chi connectivity index (χ4v) is 9.62. The zero-order valence-corrected chi connectivity index (χ0v) is 31.0. The number of benzene rings is 8. The van der Waals surface area contributed by atoms with Crippen molar-refractivity contribution in [2.45, 2.75) is 13.1 Å². The third-order valence-electron chi connectivity index (χ3n) is 12.4. The van der Waals surface area contributed by atoms with Gasteiger partial charge in [-0.1, -0.05) is 97.1 Å². The molecule has 0 spiro atoms. The van der Waals surface area contributed by atoms with E-state index in [1.54, 1.807) is 0 Å². The lowest BCUT2D eigenvalue weighted by molar-refractivity contribution is 0.454. The highest BCUT2D eigenvalue weighted by atomic mass is 15.3. The van der Waals surface area contributed by atoms with Crippen LogP contribution in [-0.2, 0) is 0 Å². The molecule has 1 unspecified atom stereocenters. The molecule has 0 saturated carbocycles. The van der Waals surface area contributed by atoms with Gasteiger partial charge in [-0.2, -0.15) is 0 Å². The molecule has 268 valence electrons. The SMILES string of the molecule is CC1n2c3c4cc5ccccc5cc4c2N=C2N=C(N=c4c5cc6ccccc6cc5c(n41)=NC1=NC(=N3)c3cc4ccccc4cc31)c1cc3ccccc3cc12. The second-order valence-corrected chi connectivity index (χ2v) is 15.6. The summed E-state index contributed by atoms with van der Waals surface area (Å²) < 4.78 is 4.53. The van der Waals surface area contributed by atoms with Crippen LogP contribution in [0.3, 0.4) is 0 Å². The van der Waals surface area contributed by atoms with Gasteiger partial charge < -0.3 is 0 Å². The first-order valence-corrected chi connectivity index (χ1v) is 19.6. The van der Waals surface area contributed by atoms with Crippen LogP contribution in [0.15, 0.2) is 176 Å². The standard InChI is InChI=1S/C50H28N8/c1-26-57-47-39-22-31-14-6-7-15-32(31)23-40(39)49(57)55-45-37-20-29-12-4-5-13-30(29)21-38(37)46(52-45)56-50-42-25-34-17-9-8-16-33(34)24-41(42)48(58(26)50)54-44-36-19-28-11-3-2-10-27(28)18-35(36)43(51-44)53-47/h2-26H,1H3. The lowest BCUT2D eigenvalue weighted by Crippen LogP contribution is -2.35. The summed E-state index contributed by atoms with van der Waals surface area (Å²) in [6.07, 6.45) is -0.372. The van der Waals surface area contributed by atoms with Crippen molar-refractivity contribution in [3.63, 3.8) is 0 Å². The van der Waals surface area contributed by atoms with E-state index in [1.807, 2.05) is 0 Å². The second-order valence-electron chi connectivity index (χ2n) is 15.6. The molecule has 6 heterocycles. The lowest BCUT2D eigenvalue weighted by atomic mass is 10.0. The number of hydrogen-bond acceptors (Lipinski definition) is 6. The Morgan fingerprint density at radius 3 is 0.966 bits per heavy atom. The van der Waals surface area contributed by atoms with E-state index in [1.165, 1.54) is 0 Å². The number of amidine groups is 4. The lowest BCUT2D eigenvalue weighted by Gasteiger charge is -2.21. The third kappa shape index (κ3) is 3.97. The van der Waals surface area contributed by atoms with Crippen LogP contribution in [0.1, 0.15) is 35.3 Å². The van der Waals surface area contributed by atoms with Crippen molar-refractivity contribution < 1.29 is 0 Å². The minimum Gasteiger partial charge on any atom is -0.288 e. The molecule has 6 bridgehead atoms. The molecule has 4 aliphatic rings. The van der Waals surface area contributed by atoms with Gasteiger partial charge in [0, 0.05) is 43.8 Å². The summed E-state index contributed by atoms with van der Waals surface area (Å²) >= 11 is 0. The van der Waals surface area contributed by atoms with Crippen LogP contribution >= 0.6 is 0 Å². The molecule has 0 aliphatic carbocycles. The molecule has 8 aromatic carbocycles. The van der Waals surface area contributed by atoms with Gasteiger partial charge in [0.2, 0.25) is 0 Å². The maximum atomic E-state index is 5.57. The van der Waals surface area contributed by atoms with Crippen LogP contribution in [0.5, 0.6) is 0 Å². The van der Waals surface area contributed by atoms with Gasteiger partial charge in [-0.25, -0.2) is 30.0 Å². The van der Waals surface area contributed by atoms with Crippen molar-refractivity contribution in [3.8, 4) is 0 Å². The van der Waals surface area contributed by atoms with Gasteiger partial charge in [0.15, 0.2) is 23.3 Å². The molecule has 4 aliphatic heterocycles. The number of nitrogens with zero attached hydrogens (tertiary/aromatic N) is 8. The van der Waals surface area contributed by atoms with E-state index < -0.39 is 0 Å². The summed E-state index contributed by atoms with van der Waals surface area (Å²) in [6.45, 7) is 2.21. The van der Waals surface area contributed by atoms with Gasteiger partial charge in [0.1, 0.15) is 28.8 Å². The Bertz CT molecular complexity index is 3630. The zero-order chi connectivity index (χ0) is 37.8. The second kappa shape index (κ2) is 10.7. The van der Waals surface area contributed by atoms with Gasteiger partial charge in [0.25, 0.3) is 0 Å². The minimum atomic E-state index is -0.372.